The zero-order valence-electron chi connectivity index (χ0n) is 16.0. The molecule has 0 aliphatic heterocycles. The second-order valence-corrected chi connectivity index (χ2v) is 7.47. The topological polar surface area (TPSA) is 0 Å². The van der Waals surface area contributed by atoms with E-state index in [1.54, 1.807) is 0 Å². The molecule has 2 atom stereocenters. The molecule has 0 nitrogen and oxygen atoms in total. The van der Waals surface area contributed by atoms with Crippen molar-refractivity contribution in [3.05, 3.63) is 108 Å². The Hall–Kier alpha value is -2.34. The van der Waals surface area contributed by atoms with Crippen molar-refractivity contribution in [1.29, 1.82) is 0 Å². The first-order valence-electron chi connectivity index (χ1n) is 9.92. The summed E-state index contributed by atoms with van der Waals surface area (Å²) in [7, 11) is 0. The average molecular weight is 343 g/mol. The predicted molar refractivity (Wildman–Crippen MR) is 113 cm³/mol. The van der Waals surface area contributed by atoms with Gasteiger partial charge < -0.3 is 0 Å². The maximum Gasteiger partial charge on any atom is 0.00951 e. The van der Waals surface area contributed by atoms with Gasteiger partial charge >= 0.3 is 0 Å². The average Bonchev–Trinajstić information content (AvgIpc) is 2.72. The van der Waals surface area contributed by atoms with Crippen molar-refractivity contribution in [2.24, 2.45) is 5.92 Å². The van der Waals surface area contributed by atoms with Gasteiger partial charge in [-0.3, -0.25) is 0 Å². The van der Waals surface area contributed by atoms with Crippen LogP contribution in [-0.2, 0) is 0 Å². The van der Waals surface area contributed by atoms with Crippen LogP contribution in [0.4, 0.5) is 0 Å². The molecule has 0 heterocycles. The number of hydrogen-bond donors (Lipinski definition) is 0. The van der Waals surface area contributed by atoms with Gasteiger partial charge in [0.25, 0.3) is 0 Å². The number of hydrogen-bond acceptors (Lipinski definition) is 0. The van der Waals surface area contributed by atoms with Crippen LogP contribution in [0.15, 0.2) is 91.0 Å². The lowest BCUT2D eigenvalue weighted by Gasteiger charge is -2.27. The van der Waals surface area contributed by atoms with E-state index in [-0.39, 0.29) is 0 Å². The molecule has 0 aliphatic rings. The normalized spacial score (nSPS) is 13.5. The summed E-state index contributed by atoms with van der Waals surface area (Å²) >= 11 is 0. The third-order valence-electron chi connectivity index (χ3n) is 5.58. The molecule has 0 radical (unpaired) electrons. The molecule has 0 saturated heterocycles. The summed E-state index contributed by atoms with van der Waals surface area (Å²) < 4.78 is 0. The molecular formula is C26H30. The van der Waals surface area contributed by atoms with Crippen LogP contribution in [0.25, 0.3) is 0 Å². The van der Waals surface area contributed by atoms with Gasteiger partial charge in [-0.05, 0) is 41.4 Å². The van der Waals surface area contributed by atoms with Crippen molar-refractivity contribution in [2.75, 3.05) is 0 Å². The summed E-state index contributed by atoms with van der Waals surface area (Å²) in [5.41, 5.74) is 4.32. The summed E-state index contributed by atoms with van der Waals surface area (Å²) in [6, 6.07) is 33.1. The molecular weight excluding hydrogens is 312 g/mol. The van der Waals surface area contributed by atoms with Gasteiger partial charge in [0.05, 0.1) is 0 Å². The summed E-state index contributed by atoms with van der Waals surface area (Å²) in [5, 5.41) is 0. The van der Waals surface area contributed by atoms with E-state index in [0.29, 0.717) is 11.8 Å². The minimum atomic E-state index is 0.437. The minimum Gasteiger partial charge on any atom is -0.0651 e. The first-order valence-corrected chi connectivity index (χ1v) is 9.92. The van der Waals surface area contributed by atoms with Crippen LogP contribution in [0.2, 0.25) is 0 Å². The molecule has 0 amide bonds. The molecule has 0 aromatic heterocycles. The van der Waals surface area contributed by atoms with Crippen LogP contribution in [0.1, 0.15) is 61.6 Å². The Kier molecular flexibility index (Phi) is 6.66. The maximum absolute atomic E-state index is 2.38. The minimum absolute atomic E-state index is 0.437. The van der Waals surface area contributed by atoms with Gasteiger partial charge in [0.2, 0.25) is 0 Å². The Morgan fingerprint density at radius 3 is 1.42 bits per heavy atom. The van der Waals surface area contributed by atoms with Crippen molar-refractivity contribution in [2.45, 2.75) is 44.9 Å². The molecule has 0 fully saturated rings. The van der Waals surface area contributed by atoms with Gasteiger partial charge in [-0.25, -0.2) is 0 Å². The fraction of sp³-hybridized carbons (Fsp3) is 0.308. The van der Waals surface area contributed by atoms with E-state index in [1.807, 2.05) is 0 Å². The Morgan fingerprint density at radius 2 is 1.00 bits per heavy atom. The van der Waals surface area contributed by atoms with Gasteiger partial charge in [0.1, 0.15) is 0 Å². The lowest BCUT2D eigenvalue weighted by Crippen LogP contribution is -2.11. The highest BCUT2D eigenvalue weighted by Gasteiger charge is 2.22. The molecule has 3 aromatic carbocycles. The first-order chi connectivity index (χ1) is 12.8. The molecule has 0 N–H and O–H groups in total. The monoisotopic (exact) mass is 342 g/mol. The standard InChI is InChI=1S/C26H30/c1-3-21(2)19-25(22-13-7-4-8-14-22)20-26(23-15-9-5-10-16-23)24-17-11-6-12-18-24/h4-18,21,25-26H,3,19-20H2,1-2H3. The zero-order chi connectivity index (χ0) is 18.2. The first kappa shape index (κ1) is 18.5. The predicted octanol–water partition coefficient (Wildman–Crippen LogP) is 7.43. The van der Waals surface area contributed by atoms with Gasteiger partial charge in [-0.2, -0.15) is 0 Å². The van der Waals surface area contributed by atoms with E-state index in [4.69, 9.17) is 0 Å². The van der Waals surface area contributed by atoms with Crippen molar-refractivity contribution >= 4 is 0 Å². The largest absolute Gasteiger partial charge is 0.0651 e. The molecule has 3 aromatic rings. The van der Waals surface area contributed by atoms with Gasteiger partial charge in [0.15, 0.2) is 0 Å². The van der Waals surface area contributed by atoms with Crippen molar-refractivity contribution in [3.8, 4) is 0 Å². The molecule has 0 spiro atoms. The molecule has 3 rings (SSSR count). The quantitative estimate of drug-likeness (QED) is 0.399. The van der Waals surface area contributed by atoms with E-state index in [2.05, 4.69) is 105 Å². The molecule has 0 aliphatic carbocycles. The van der Waals surface area contributed by atoms with Crippen LogP contribution in [0, 0.1) is 5.92 Å². The van der Waals surface area contributed by atoms with Crippen molar-refractivity contribution in [3.63, 3.8) is 0 Å². The fourth-order valence-electron chi connectivity index (χ4n) is 3.87. The highest BCUT2D eigenvalue weighted by atomic mass is 14.3. The van der Waals surface area contributed by atoms with Crippen LogP contribution < -0.4 is 0 Å². The van der Waals surface area contributed by atoms with E-state index in [0.717, 1.165) is 12.3 Å². The summed E-state index contributed by atoms with van der Waals surface area (Å²) in [6.45, 7) is 4.69. The van der Waals surface area contributed by atoms with Gasteiger partial charge in [-0.1, -0.05) is 111 Å². The third kappa shape index (κ3) is 4.85. The van der Waals surface area contributed by atoms with Crippen molar-refractivity contribution < 1.29 is 0 Å². The number of rotatable bonds is 8. The van der Waals surface area contributed by atoms with E-state index in [1.165, 1.54) is 29.5 Å². The Morgan fingerprint density at radius 1 is 0.577 bits per heavy atom. The second kappa shape index (κ2) is 9.38. The highest BCUT2D eigenvalue weighted by Crippen LogP contribution is 2.38. The number of benzene rings is 3. The smallest absolute Gasteiger partial charge is 0.00951 e. The van der Waals surface area contributed by atoms with Gasteiger partial charge in [0, 0.05) is 5.92 Å². The summed E-state index contributed by atoms with van der Waals surface area (Å²) in [5.74, 6) is 1.76. The van der Waals surface area contributed by atoms with Crippen LogP contribution >= 0.6 is 0 Å². The Labute approximate surface area is 158 Å². The highest BCUT2D eigenvalue weighted by molar-refractivity contribution is 5.33. The molecule has 0 heteroatoms. The molecule has 0 saturated carbocycles. The molecule has 134 valence electrons. The van der Waals surface area contributed by atoms with Crippen molar-refractivity contribution in [1.82, 2.24) is 0 Å². The maximum atomic E-state index is 2.38. The SMILES string of the molecule is CCC(C)CC(CC(c1ccccc1)c1ccccc1)c1ccccc1. The summed E-state index contributed by atoms with van der Waals surface area (Å²) in [6.07, 6.45) is 3.64. The van der Waals surface area contributed by atoms with E-state index >= 15 is 0 Å². The molecule has 2 unspecified atom stereocenters. The fourth-order valence-corrected chi connectivity index (χ4v) is 3.87. The Bertz CT molecular complexity index is 706. The summed E-state index contributed by atoms with van der Waals surface area (Å²) in [4.78, 5) is 0. The molecule has 0 bridgehead atoms. The second-order valence-electron chi connectivity index (χ2n) is 7.47. The third-order valence-corrected chi connectivity index (χ3v) is 5.58. The van der Waals surface area contributed by atoms with Gasteiger partial charge in [-0.15, -0.1) is 0 Å². The van der Waals surface area contributed by atoms with Crippen LogP contribution in [-0.4, -0.2) is 0 Å². The lowest BCUT2D eigenvalue weighted by atomic mass is 9.77. The van der Waals surface area contributed by atoms with E-state index in [9.17, 15) is 0 Å². The lowest BCUT2D eigenvalue weighted by molar-refractivity contribution is 0.426. The molecule has 26 heavy (non-hydrogen) atoms. The Balaban J connectivity index is 1.94. The van der Waals surface area contributed by atoms with E-state index < -0.39 is 0 Å². The zero-order valence-corrected chi connectivity index (χ0v) is 16.0. The van der Waals surface area contributed by atoms with Crippen LogP contribution in [0.5, 0.6) is 0 Å². The van der Waals surface area contributed by atoms with Crippen LogP contribution in [0.3, 0.4) is 0 Å².